The van der Waals surface area contributed by atoms with Crippen molar-refractivity contribution in [2.45, 2.75) is 19.1 Å². The van der Waals surface area contributed by atoms with Gasteiger partial charge in [0.25, 0.3) is 5.91 Å². The molecule has 0 fully saturated rings. The van der Waals surface area contributed by atoms with Crippen LogP contribution in [0, 0.1) is 0 Å². The highest BCUT2D eigenvalue weighted by atomic mass is 79.9. The summed E-state index contributed by atoms with van der Waals surface area (Å²) in [4.78, 5) is 20.8. The smallest absolute Gasteiger partial charge is 0.408 e. The van der Waals surface area contributed by atoms with Crippen molar-refractivity contribution < 1.29 is 22.7 Å². The summed E-state index contributed by atoms with van der Waals surface area (Å²) in [6.45, 7) is 0.991. The molecule has 3 rings (SSSR count). The average Bonchev–Trinajstić information content (AvgIpc) is 3.16. The zero-order chi connectivity index (χ0) is 21.2. The first kappa shape index (κ1) is 20.7. The quantitative estimate of drug-likeness (QED) is 0.607. The lowest BCUT2D eigenvalue weighted by molar-refractivity contribution is -0.162. The van der Waals surface area contributed by atoms with E-state index in [0.717, 1.165) is 17.8 Å². The van der Waals surface area contributed by atoms with E-state index in [1.165, 1.54) is 37.6 Å². The first-order valence-corrected chi connectivity index (χ1v) is 8.94. The minimum atomic E-state index is -4.48. The van der Waals surface area contributed by atoms with Crippen LogP contribution in [0.3, 0.4) is 0 Å². The Morgan fingerprint density at radius 2 is 2.10 bits per heavy atom. The van der Waals surface area contributed by atoms with Gasteiger partial charge in [-0.3, -0.25) is 4.79 Å². The molecule has 0 aliphatic heterocycles. The van der Waals surface area contributed by atoms with Crippen LogP contribution in [-0.2, 0) is 0 Å². The molecule has 3 aromatic heterocycles. The number of carbonyl (C=O) groups excluding carboxylic acids is 1. The predicted molar refractivity (Wildman–Crippen MR) is 100 cm³/mol. The second-order valence-electron chi connectivity index (χ2n) is 5.85. The van der Waals surface area contributed by atoms with E-state index in [2.05, 4.69) is 41.4 Å². The molecule has 0 aromatic carbocycles. The normalized spacial score (nSPS) is 12.5. The lowest BCUT2D eigenvalue weighted by Gasteiger charge is -2.18. The fourth-order valence-corrected chi connectivity index (χ4v) is 2.76. The van der Waals surface area contributed by atoms with Crippen LogP contribution >= 0.6 is 15.9 Å². The SMILES string of the molecule is COc1ncc(Br)cc1C(=O)Nc1cccc(-c2nncn2[C@@H](C)C(F)(F)F)n1. The molecule has 0 aliphatic rings. The van der Waals surface area contributed by atoms with Gasteiger partial charge in [-0.25, -0.2) is 9.97 Å². The van der Waals surface area contributed by atoms with Gasteiger partial charge in [0.2, 0.25) is 5.88 Å². The molecule has 8 nitrogen and oxygen atoms in total. The summed E-state index contributed by atoms with van der Waals surface area (Å²) >= 11 is 3.23. The summed E-state index contributed by atoms with van der Waals surface area (Å²) in [7, 11) is 1.38. The molecule has 0 saturated heterocycles. The molecule has 0 bridgehead atoms. The van der Waals surface area contributed by atoms with Crippen molar-refractivity contribution >= 4 is 27.7 Å². The van der Waals surface area contributed by atoms with E-state index >= 15 is 0 Å². The van der Waals surface area contributed by atoms with Crippen LogP contribution in [-0.4, -0.2) is 43.9 Å². The Hall–Kier alpha value is -3.02. The van der Waals surface area contributed by atoms with Gasteiger partial charge in [-0.1, -0.05) is 6.07 Å². The fourth-order valence-electron chi connectivity index (χ4n) is 2.43. The third-order valence-corrected chi connectivity index (χ3v) is 4.37. The summed E-state index contributed by atoms with van der Waals surface area (Å²) in [6, 6.07) is 4.18. The van der Waals surface area contributed by atoms with Gasteiger partial charge in [0.1, 0.15) is 29.4 Å². The van der Waals surface area contributed by atoms with Crippen LogP contribution in [0.2, 0.25) is 0 Å². The van der Waals surface area contributed by atoms with Crippen LogP contribution in [0.4, 0.5) is 19.0 Å². The highest BCUT2D eigenvalue weighted by Crippen LogP contribution is 2.32. The lowest BCUT2D eigenvalue weighted by atomic mass is 10.2. The summed E-state index contributed by atoms with van der Waals surface area (Å²) < 4.78 is 45.7. The monoisotopic (exact) mass is 470 g/mol. The Kier molecular flexibility index (Phi) is 5.82. The average molecular weight is 471 g/mol. The van der Waals surface area contributed by atoms with Gasteiger partial charge in [-0.05, 0) is 41.1 Å². The third-order valence-electron chi connectivity index (χ3n) is 3.94. The minimum absolute atomic E-state index is 0.0763. The van der Waals surface area contributed by atoms with Crippen LogP contribution in [0.5, 0.6) is 5.88 Å². The van der Waals surface area contributed by atoms with Gasteiger partial charge in [-0.15, -0.1) is 10.2 Å². The van der Waals surface area contributed by atoms with Gasteiger partial charge in [0.05, 0.1) is 7.11 Å². The molecule has 0 radical (unpaired) electrons. The molecule has 29 heavy (non-hydrogen) atoms. The number of halogens is 4. The van der Waals surface area contributed by atoms with Crippen LogP contribution in [0.1, 0.15) is 23.3 Å². The number of pyridine rings is 2. The van der Waals surface area contributed by atoms with Crippen molar-refractivity contribution in [2.24, 2.45) is 0 Å². The molecule has 3 aromatic rings. The summed E-state index contributed by atoms with van der Waals surface area (Å²) in [5.41, 5.74) is 0.277. The summed E-state index contributed by atoms with van der Waals surface area (Å²) in [5.74, 6) is -0.401. The molecule has 1 N–H and O–H groups in total. The van der Waals surface area contributed by atoms with Crippen molar-refractivity contribution in [3.05, 3.63) is 46.8 Å². The van der Waals surface area contributed by atoms with E-state index in [0.29, 0.717) is 4.47 Å². The van der Waals surface area contributed by atoms with Crippen LogP contribution < -0.4 is 10.1 Å². The maximum absolute atomic E-state index is 13.1. The van der Waals surface area contributed by atoms with Gasteiger partial charge in [0, 0.05) is 10.7 Å². The van der Waals surface area contributed by atoms with E-state index in [1.54, 1.807) is 0 Å². The number of nitrogens with one attached hydrogen (secondary N) is 1. The van der Waals surface area contributed by atoms with Crippen molar-refractivity contribution in [3.8, 4) is 17.4 Å². The molecular weight excluding hydrogens is 457 g/mol. The zero-order valence-electron chi connectivity index (χ0n) is 15.1. The van der Waals surface area contributed by atoms with Gasteiger partial charge in [0.15, 0.2) is 5.82 Å². The Labute approximate surface area is 171 Å². The molecule has 12 heteroatoms. The predicted octanol–water partition coefficient (Wildman–Crippen LogP) is 3.88. The molecule has 0 aliphatic carbocycles. The first-order valence-electron chi connectivity index (χ1n) is 8.15. The molecular formula is C17H14BrF3N6O2. The Morgan fingerprint density at radius 3 is 2.79 bits per heavy atom. The van der Waals surface area contributed by atoms with E-state index in [1.807, 2.05) is 0 Å². The second-order valence-corrected chi connectivity index (χ2v) is 6.77. The van der Waals surface area contributed by atoms with E-state index in [9.17, 15) is 18.0 Å². The standard InChI is InChI=1S/C17H14BrF3N6O2/c1-9(17(19,20)21)27-8-23-26-14(27)12-4-3-5-13(24-12)25-15(28)11-6-10(18)7-22-16(11)29-2/h3-9H,1-2H3,(H,24,25,28)/t9-/m0/s1. The Balaban J connectivity index is 1.90. The van der Waals surface area contributed by atoms with E-state index < -0.39 is 18.1 Å². The number of carbonyl (C=O) groups is 1. The van der Waals surface area contributed by atoms with Crippen molar-refractivity contribution in [3.63, 3.8) is 0 Å². The number of rotatable bonds is 5. The molecule has 0 saturated carbocycles. The van der Waals surface area contributed by atoms with E-state index in [-0.39, 0.29) is 28.8 Å². The molecule has 3 heterocycles. The maximum Gasteiger partial charge on any atom is 0.408 e. The molecule has 1 amide bonds. The Bertz CT molecular complexity index is 1040. The number of methoxy groups -OCH3 is 1. The number of anilines is 1. The molecule has 0 spiro atoms. The Morgan fingerprint density at radius 1 is 1.34 bits per heavy atom. The lowest BCUT2D eigenvalue weighted by Crippen LogP contribution is -2.24. The largest absolute Gasteiger partial charge is 0.480 e. The maximum atomic E-state index is 13.1. The number of aromatic nitrogens is 5. The third kappa shape index (κ3) is 4.53. The number of alkyl halides is 3. The van der Waals surface area contributed by atoms with Gasteiger partial charge in [-0.2, -0.15) is 13.2 Å². The van der Waals surface area contributed by atoms with Gasteiger partial charge >= 0.3 is 6.18 Å². The molecule has 152 valence electrons. The van der Waals surface area contributed by atoms with Crippen LogP contribution in [0.15, 0.2) is 41.3 Å². The van der Waals surface area contributed by atoms with Crippen molar-refractivity contribution in [1.82, 2.24) is 24.7 Å². The highest BCUT2D eigenvalue weighted by Gasteiger charge is 2.38. The van der Waals surface area contributed by atoms with Crippen molar-refractivity contribution in [2.75, 3.05) is 12.4 Å². The van der Waals surface area contributed by atoms with Crippen molar-refractivity contribution in [1.29, 1.82) is 0 Å². The number of hydrogen-bond donors (Lipinski definition) is 1. The first-order chi connectivity index (χ1) is 13.7. The minimum Gasteiger partial charge on any atom is -0.480 e. The number of nitrogens with zero attached hydrogens (tertiary/aromatic N) is 5. The number of hydrogen-bond acceptors (Lipinski definition) is 6. The topological polar surface area (TPSA) is 94.8 Å². The number of amides is 1. The molecule has 1 atom stereocenters. The summed E-state index contributed by atoms with van der Waals surface area (Å²) in [5, 5.41) is 9.87. The number of ether oxygens (including phenoxy) is 1. The second kappa shape index (κ2) is 8.15. The fraction of sp³-hybridized carbons (Fsp3) is 0.235. The van der Waals surface area contributed by atoms with Gasteiger partial charge < -0.3 is 14.6 Å². The highest BCUT2D eigenvalue weighted by molar-refractivity contribution is 9.10. The zero-order valence-corrected chi connectivity index (χ0v) is 16.7. The molecule has 0 unspecified atom stereocenters. The van der Waals surface area contributed by atoms with E-state index in [4.69, 9.17) is 4.74 Å². The van der Waals surface area contributed by atoms with Crippen LogP contribution in [0.25, 0.3) is 11.5 Å². The summed E-state index contributed by atoms with van der Waals surface area (Å²) in [6.07, 6.45) is -2.02.